The van der Waals surface area contributed by atoms with Gasteiger partial charge in [-0.05, 0) is 51.0 Å². The first-order chi connectivity index (χ1) is 21.1. The van der Waals surface area contributed by atoms with Gasteiger partial charge in [0.1, 0.15) is 11.4 Å². The maximum atomic E-state index is 13.9. The second-order valence-corrected chi connectivity index (χ2v) is 14.5. The number of nitrogens with zero attached hydrogens (tertiary/aromatic N) is 3. The molecular weight excluding hydrogens is 596 g/mol. The lowest BCUT2D eigenvalue weighted by molar-refractivity contribution is -0.157. The maximum Gasteiger partial charge on any atom is 0.462 e. The highest BCUT2D eigenvalue weighted by Crippen LogP contribution is 2.32. The lowest BCUT2D eigenvalue weighted by Crippen LogP contribution is -2.43. The second kappa shape index (κ2) is 14.2. The fourth-order valence-electron chi connectivity index (χ4n) is 4.94. The van der Waals surface area contributed by atoms with Crippen molar-refractivity contribution in [1.29, 1.82) is 0 Å². The van der Waals surface area contributed by atoms with Crippen LogP contribution >= 0.6 is 0 Å². The molecule has 240 valence electrons. The van der Waals surface area contributed by atoms with E-state index in [1.54, 1.807) is 12.1 Å². The highest BCUT2D eigenvalue weighted by Gasteiger charge is 2.35. The Bertz CT molecular complexity index is 1610. The molecule has 0 saturated carbocycles. The molecule has 2 heterocycles. The Morgan fingerprint density at radius 2 is 1.78 bits per heavy atom. The first kappa shape index (κ1) is 34.3. The molecule has 0 bridgehead atoms. The van der Waals surface area contributed by atoms with Gasteiger partial charge in [0.2, 0.25) is 16.0 Å². The molecule has 0 amide bonds. The van der Waals surface area contributed by atoms with Crippen LogP contribution in [-0.2, 0) is 35.2 Å². The number of ether oxygens (including phenoxy) is 1. The van der Waals surface area contributed by atoms with Crippen LogP contribution in [0, 0.1) is 5.82 Å². The van der Waals surface area contributed by atoms with Gasteiger partial charge < -0.3 is 14.0 Å². The van der Waals surface area contributed by atoms with Crippen molar-refractivity contribution in [1.82, 2.24) is 9.97 Å². The predicted octanol–water partition coefficient (Wildman–Crippen LogP) is 5.99. The van der Waals surface area contributed by atoms with Crippen molar-refractivity contribution < 1.29 is 31.6 Å². The van der Waals surface area contributed by atoms with Crippen molar-refractivity contribution in [2.75, 3.05) is 17.6 Å². The lowest BCUT2D eigenvalue weighted by atomic mass is 9.77. The number of rotatable bonds is 10. The van der Waals surface area contributed by atoms with Gasteiger partial charge in [0, 0.05) is 30.9 Å². The minimum Gasteiger partial charge on any atom is -0.460 e. The van der Waals surface area contributed by atoms with E-state index in [1.807, 2.05) is 77.1 Å². The molecule has 1 fully saturated rings. The molecule has 0 radical (unpaired) electrons. The molecule has 2 aromatic carbocycles. The van der Waals surface area contributed by atoms with Crippen LogP contribution < -0.4 is 4.31 Å². The number of aromatic nitrogens is 2. The Balaban J connectivity index is 1.73. The molecular formula is C33H41BFN3O6S. The Hall–Kier alpha value is -3.61. The number of carbonyl (C=O) groups excluding carboxylic acids is 1. The SMILES string of the molecule is CC(C)c1nc(N(C)S(C)(=O)=O)nc(-c2ccc(F)cc2)c1C=CC1CC(CC(=O)OC(C)(C)C)OB(Cc2ccccc2)O1. The summed E-state index contributed by atoms with van der Waals surface area (Å²) in [6.07, 6.45) is 4.92. The summed E-state index contributed by atoms with van der Waals surface area (Å²) in [6.45, 7) is 9.38. The van der Waals surface area contributed by atoms with Crippen LogP contribution in [0.3, 0.4) is 0 Å². The first-order valence-electron chi connectivity index (χ1n) is 15.0. The predicted molar refractivity (Wildman–Crippen MR) is 175 cm³/mol. The van der Waals surface area contributed by atoms with Gasteiger partial charge in [-0.25, -0.2) is 27.1 Å². The second-order valence-electron chi connectivity index (χ2n) is 12.5. The van der Waals surface area contributed by atoms with Crippen molar-refractivity contribution >= 4 is 35.1 Å². The largest absolute Gasteiger partial charge is 0.462 e. The zero-order chi connectivity index (χ0) is 32.9. The molecule has 1 aromatic heterocycles. The van der Waals surface area contributed by atoms with Crippen LogP contribution in [0.15, 0.2) is 60.7 Å². The smallest absolute Gasteiger partial charge is 0.460 e. The van der Waals surface area contributed by atoms with E-state index in [4.69, 9.17) is 14.0 Å². The summed E-state index contributed by atoms with van der Waals surface area (Å²) in [5.74, 6) is -0.853. The summed E-state index contributed by atoms with van der Waals surface area (Å²) >= 11 is 0. The first-order valence-corrected chi connectivity index (χ1v) is 16.8. The Morgan fingerprint density at radius 3 is 2.38 bits per heavy atom. The van der Waals surface area contributed by atoms with Crippen LogP contribution in [0.4, 0.5) is 10.3 Å². The van der Waals surface area contributed by atoms with Gasteiger partial charge in [-0.2, -0.15) is 0 Å². The van der Waals surface area contributed by atoms with Crippen molar-refractivity contribution in [2.24, 2.45) is 0 Å². The van der Waals surface area contributed by atoms with Crippen LogP contribution in [0.1, 0.15) is 70.2 Å². The molecule has 0 aliphatic carbocycles. The molecule has 2 unspecified atom stereocenters. The molecule has 2 atom stereocenters. The molecule has 0 N–H and O–H groups in total. The van der Waals surface area contributed by atoms with Crippen LogP contribution in [0.5, 0.6) is 0 Å². The van der Waals surface area contributed by atoms with Crippen molar-refractivity contribution in [3.05, 3.63) is 83.3 Å². The third-order valence-corrected chi connectivity index (χ3v) is 8.27. The summed E-state index contributed by atoms with van der Waals surface area (Å²) in [7, 11) is -2.86. The number of carbonyl (C=O) groups is 1. The topological polar surface area (TPSA) is 108 Å². The molecule has 1 saturated heterocycles. The standard InChI is InChI=1S/C33H41BFN3O6S/c1-22(2)30-28(31(24-13-15-25(35)16-14-24)37-32(36-30)38(6)45(7,40)41)18-17-26-19-27(20-29(39)42-33(3,4)5)44-34(43-26)21-23-11-9-8-10-12-23/h8-18,22,26-27H,19-21H2,1-7H3. The zero-order valence-electron chi connectivity index (χ0n) is 26.9. The molecule has 45 heavy (non-hydrogen) atoms. The van der Waals surface area contributed by atoms with Gasteiger partial charge in [0.15, 0.2) is 0 Å². The minimum absolute atomic E-state index is 0.0142. The monoisotopic (exact) mass is 637 g/mol. The number of benzene rings is 2. The van der Waals surface area contributed by atoms with Crippen LogP contribution in [0.25, 0.3) is 17.3 Å². The van der Waals surface area contributed by atoms with Gasteiger partial charge in [0.05, 0.1) is 36.3 Å². The van der Waals surface area contributed by atoms with Gasteiger partial charge in [0.25, 0.3) is 0 Å². The molecule has 9 nitrogen and oxygen atoms in total. The fraction of sp³-hybridized carbons (Fsp3) is 0.424. The van der Waals surface area contributed by atoms with E-state index in [9.17, 15) is 17.6 Å². The molecule has 4 rings (SSSR count). The summed E-state index contributed by atoms with van der Waals surface area (Å²) < 4.78 is 57.8. The van der Waals surface area contributed by atoms with E-state index >= 15 is 0 Å². The van der Waals surface area contributed by atoms with Gasteiger partial charge in [-0.15, -0.1) is 0 Å². The summed E-state index contributed by atoms with van der Waals surface area (Å²) in [5, 5.41) is 0. The average molecular weight is 638 g/mol. The van der Waals surface area contributed by atoms with E-state index in [0.717, 1.165) is 16.1 Å². The van der Waals surface area contributed by atoms with E-state index < -0.39 is 40.8 Å². The van der Waals surface area contributed by atoms with Crippen molar-refractivity contribution in [3.8, 4) is 11.3 Å². The van der Waals surface area contributed by atoms with E-state index in [1.165, 1.54) is 19.2 Å². The number of halogens is 1. The Labute approximate surface area is 266 Å². The highest BCUT2D eigenvalue weighted by atomic mass is 32.2. The van der Waals surface area contributed by atoms with Gasteiger partial charge in [-0.1, -0.05) is 61.9 Å². The Morgan fingerprint density at radius 1 is 1.11 bits per heavy atom. The van der Waals surface area contributed by atoms with Crippen LogP contribution in [-0.4, -0.2) is 62.6 Å². The number of hydrogen-bond acceptors (Lipinski definition) is 8. The quantitative estimate of drug-likeness (QED) is 0.197. The molecule has 3 aromatic rings. The minimum atomic E-state index is -3.65. The summed E-state index contributed by atoms with van der Waals surface area (Å²) in [4.78, 5) is 22.0. The third-order valence-electron chi connectivity index (χ3n) is 7.11. The molecule has 1 aliphatic heterocycles. The third kappa shape index (κ3) is 9.69. The Kier molecular flexibility index (Phi) is 10.8. The zero-order valence-corrected chi connectivity index (χ0v) is 27.7. The number of sulfonamides is 1. The van der Waals surface area contributed by atoms with E-state index in [0.29, 0.717) is 35.3 Å². The average Bonchev–Trinajstić information content (AvgIpc) is 2.94. The van der Waals surface area contributed by atoms with Crippen molar-refractivity contribution in [2.45, 2.75) is 77.5 Å². The number of esters is 1. The summed E-state index contributed by atoms with van der Waals surface area (Å²) in [5.41, 5.74) is 2.73. The molecule has 12 heteroatoms. The summed E-state index contributed by atoms with van der Waals surface area (Å²) in [6, 6.07) is 15.7. The fourth-order valence-corrected chi connectivity index (χ4v) is 5.32. The maximum absolute atomic E-state index is 13.9. The lowest BCUT2D eigenvalue weighted by Gasteiger charge is -2.33. The van der Waals surface area contributed by atoms with Gasteiger partial charge in [-0.3, -0.25) is 4.79 Å². The van der Waals surface area contributed by atoms with Crippen LogP contribution in [0.2, 0.25) is 0 Å². The van der Waals surface area contributed by atoms with Gasteiger partial charge >= 0.3 is 13.1 Å². The van der Waals surface area contributed by atoms with Crippen molar-refractivity contribution in [3.63, 3.8) is 0 Å². The highest BCUT2D eigenvalue weighted by molar-refractivity contribution is 7.92. The number of anilines is 1. The molecule has 0 spiro atoms. The number of hydrogen-bond donors (Lipinski definition) is 0. The van der Waals surface area contributed by atoms with E-state index in [-0.39, 0.29) is 24.3 Å². The normalized spacial score (nSPS) is 17.6. The molecule has 1 aliphatic rings. The van der Waals surface area contributed by atoms with E-state index in [2.05, 4.69) is 9.97 Å².